The van der Waals surface area contributed by atoms with E-state index in [1.807, 2.05) is 0 Å². The molecule has 2 nitrogen and oxygen atoms in total. The van der Waals surface area contributed by atoms with Crippen LogP contribution >= 0.6 is 0 Å². The maximum Gasteiger partial charge on any atom is 0.00448 e. The summed E-state index contributed by atoms with van der Waals surface area (Å²) in [6.45, 7) is 15.5. The van der Waals surface area contributed by atoms with Crippen molar-refractivity contribution in [2.24, 2.45) is 11.3 Å². The normalized spacial score (nSPS) is 19.6. The first kappa shape index (κ1) is 15.0. The van der Waals surface area contributed by atoms with E-state index in [1.165, 1.54) is 45.3 Å². The molecule has 1 N–H and O–H groups in total. The van der Waals surface area contributed by atoms with Gasteiger partial charge in [-0.25, -0.2) is 0 Å². The van der Waals surface area contributed by atoms with Crippen LogP contribution in [0.15, 0.2) is 0 Å². The van der Waals surface area contributed by atoms with Gasteiger partial charge in [0.25, 0.3) is 0 Å². The third kappa shape index (κ3) is 7.05. The first-order valence-corrected chi connectivity index (χ1v) is 7.43. The first-order chi connectivity index (χ1) is 7.99. The summed E-state index contributed by atoms with van der Waals surface area (Å²) in [5.41, 5.74) is 0.402. The smallest absolute Gasteiger partial charge is 0.00448 e. The number of nitrogens with zero attached hydrogens (tertiary/aromatic N) is 1. The standard InChI is InChI=1S/C15H32N2/c1-14(2)11-16-12-15(3,4)13-17-9-7-5-6-8-10-17/h14,16H,5-13H2,1-4H3. The summed E-state index contributed by atoms with van der Waals surface area (Å²) in [5.74, 6) is 0.754. The molecule has 0 radical (unpaired) electrons. The van der Waals surface area contributed by atoms with Crippen molar-refractivity contribution < 1.29 is 0 Å². The Kier molecular flexibility index (Phi) is 6.50. The third-order valence-corrected chi connectivity index (χ3v) is 3.51. The van der Waals surface area contributed by atoms with Gasteiger partial charge in [0, 0.05) is 13.1 Å². The largest absolute Gasteiger partial charge is 0.316 e. The molecule has 0 spiro atoms. The minimum atomic E-state index is 0.402. The predicted octanol–water partition coefficient (Wildman–Crippen LogP) is 3.13. The zero-order valence-electron chi connectivity index (χ0n) is 12.4. The van der Waals surface area contributed by atoms with E-state index in [0.717, 1.165) is 19.0 Å². The lowest BCUT2D eigenvalue weighted by Crippen LogP contribution is -2.41. The molecule has 1 aliphatic rings. The van der Waals surface area contributed by atoms with Gasteiger partial charge in [-0.1, -0.05) is 40.5 Å². The quantitative estimate of drug-likeness (QED) is 0.767. The van der Waals surface area contributed by atoms with Crippen molar-refractivity contribution >= 4 is 0 Å². The van der Waals surface area contributed by atoms with Gasteiger partial charge >= 0.3 is 0 Å². The lowest BCUT2D eigenvalue weighted by molar-refractivity contribution is 0.178. The van der Waals surface area contributed by atoms with E-state index in [0.29, 0.717) is 5.41 Å². The molecule has 0 unspecified atom stereocenters. The van der Waals surface area contributed by atoms with Crippen LogP contribution in [0.1, 0.15) is 53.4 Å². The summed E-state index contributed by atoms with van der Waals surface area (Å²) in [6, 6.07) is 0. The fourth-order valence-electron chi connectivity index (χ4n) is 2.65. The second-order valence-electron chi connectivity index (χ2n) is 6.88. The molecule has 0 bridgehead atoms. The average Bonchev–Trinajstić information content (AvgIpc) is 2.44. The van der Waals surface area contributed by atoms with E-state index in [4.69, 9.17) is 0 Å². The van der Waals surface area contributed by atoms with Gasteiger partial charge in [-0.3, -0.25) is 0 Å². The highest BCUT2D eigenvalue weighted by Gasteiger charge is 2.22. The second kappa shape index (κ2) is 7.38. The SMILES string of the molecule is CC(C)CNCC(C)(C)CN1CCCCCC1. The average molecular weight is 240 g/mol. The van der Waals surface area contributed by atoms with Crippen LogP contribution in [-0.2, 0) is 0 Å². The van der Waals surface area contributed by atoms with Crippen molar-refractivity contribution in [3.63, 3.8) is 0 Å². The Morgan fingerprint density at radius 2 is 1.65 bits per heavy atom. The van der Waals surface area contributed by atoms with Crippen LogP contribution in [0, 0.1) is 11.3 Å². The molecular formula is C15H32N2. The monoisotopic (exact) mass is 240 g/mol. The predicted molar refractivity (Wildman–Crippen MR) is 76.4 cm³/mol. The van der Waals surface area contributed by atoms with Crippen molar-refractivity contribution in [2.45, 2.75) is 53.4 Å². The summed E-state index contributed by atoms with van der Waals surface area (Å²) in [7, 11) is 0. The molecule has 102 valence electrons. The van der Waals surface area contributed by atoms with Crippen LogP contribution < -0.4 is 5.32 Å². The van der Waals surface area contributed by atoms with Crippen LogP contribution in [0.2, 0.25) is 0 Å². The fraction of sp³-hybridized carbons (Fsp3) is 1.00. The molecule has 2 heteroatoms. The van der Waals surface area contributed by atoms with E-state index in [-0.39, 0.29) is 0 Å². The van der Waals surface area contributed by atoms with Gasteiger partial charge in [0.15, 0.2) is 0 Å². The van der Waals surface area contributed by atoms with Gasteiger partial charge in [-0.15, -0.1) is 0 Å². The highest BCUT2D eigenvalue weighted by Crippen LogP contribution is 2.19. The molecule has 0 aliphatic carbocycles. The van der Waals surface area contributed by atoms with E-state index in [2.05, 4.69) is 37.9 Å². The van der Waals surface area contributed by atoms with Crippen LogP contribution in [0.25, 0.3) is 0 Å². The zero-order valence-corrected chi connectivity index (χ0v) is 12.4. The Morgan fingerprint density at radius 3 is 2.18 bits per heavy atom. The van der Waals surface area contributed by atoms with E-state index < -0.39 is 0 Å². The Balaban J connectivity index is 2.26. The molecule has 1 saturated heterocycles. The van der Waals surface area contributed by atoms with E-state index in [1.54, 1.807) is 0 Å². The number of hydrogen-bond donors (Lipinski definition) is 1. The van der Waals surface area contributed by atoms with E-state index >= 15 is 0 Å². The van der Waals surface area contributed by atoms with E-state index in [9.17, 15) is 0 Å². The minimum absolute atomic E-state index is 0.402. The summed E-state index contributed by atoms with van der Waals surface area (Å²) >= 11 is 0. The van der Waals surface area contributed by atoms with Crippen LogP contribution in [0.3, 0.4) is 0 Å². The lowest BCUT2D eigenvalue weighted by Gasteiger charge is -2.32. The molecule has 1 fully saturated rings. The molecule has 1 rings (SSSR count). The molecule has 1 aliphatic heterocycles. The van der Waals surface area contributed by atoms with Gasteiger partial charge in [0.2, 0.25) is 0 Å². The number of rotatable bonds is 6. The van der Waals surface area contributed by atoms with Crippen LogP contribution in [0.5, 0.6) is 0 Å². The van der Waals surface area contributed by atoms with Crippen molar-refractivity contribution in [3.8, 4) is 0 Å². The fourth-order valence-corrected chi connectivity index (χ4v) is 2.65. The van der Waals surface area contributed by atoms with Crippen LogP contribution in [0.4, 0.5) is 0 Å². The molecule has 0 amide bonds. The summed E-state index contributed by atoms with van der Waals surface area (Å²) in [4.78, 5) is 2.67. The molecule has 0 aromatic heterocycles. The van der Waals surface area contributed by atoms with Gasteiger partial charge in [0.05, 0.1) is 0 Å². The van der Waals surface area contributed by atoms with Crippen molar-refractivity contribution in [1.82, 2.24) is 10.2 Å². The minimum Gasteiger partial charge on any atom is -0.316 e. The Hall–Kier alpha value is -0.0800. The lowest BCUT2D eigenvalue weighted by atomic mass is 9.92. The van der Waals surface area contributed by atoms with Crippen LogP contribution in [-0.4, -0.2) is 37.6 Å². The Bertz CT molecular complexity index is 191. The number of nitrogens with one attached hydrogen (secondary N) is 1. The molecule has 0 aromatic rings. The Labute approximate surface area is 108 Å². The summed E-state index contributed by atoms with van der Waals surface area (Å²) < 4.78 is 0. The highest BCUT2D eigenvalue weighted by molar-refractivity contribution is 4.77. The zero-order chi connectivity index (χ0) is 12.7. The first-order valence-electron chi connectivity index (χ1n) is 7.43. The maximum absolute atomic E-state index is 3.60. The van der Waals surface area contributed by atoms with Gasteiger partial charge in [0.1, 0.15) is 0 Å². The molecule has 0 saturated carbocycles. The molecule has 0 aromatic carbocycles. The molecular weight excluding hydrogens is 208 g/mol. The third-order valence-electron chi connectivity index (χ3n) is 3.51. The number of likely N-dealkylation sites (tertiary alicyclic amines) is 1. The van der Waals surface area contributed by atoms with Crippen molar-refractivity contribution in [2.75, 3.05) is 32.7 Å². The molecule has 1 heterocycles. The Morgan fingerprint density at radius 1 is 1.06 bits per heavy atom. The molecule has 0 atom stereocenters. The maximum atomic E-state index is 3.60. The molecule has 17 heavy (non-hydrogen) atoms. The van der Waals surface area contributed by atoms with Gasteiger partial charge in [-0.05, 0) is 43.8 Å². The topological polar surface area (TPSA) is 15.3 Å². The van der Waals surface area contributed by atoms with Crippen molar-refractivity contribution in [1.29, 1.82) is 0 Å². The highest BCUT2D eigenvalue weighted by atomic mass is 15.1. The van der Waals surface area contributed by atoms with Gasteiger partial charge < -0.3 is 10.2 Å². The second-order valence-corrected chi connectivity index (χ2v) is 6.88. The summed E-state index contributed by atoms with van der Waals surface area (Å²) in [6.07, 6.45) is 5.66. The van der Waals surface area contributed by atoms with Gasteiger partial charge in [-0.2, -0.15) is 0 Å². The number of hydrogen-bond acceptors (Lipinski definition) is 2. The summed E-state index contributed by atoms with van der Waals surface area (Å²) in [5, 5.41) is 3.60. The van der Waals surface area contributed by atoms with Crippen molar-refractivity contribution in [3.05, 3.63) is 0 Å².